The highest BCUT2D eigenvalue weighted by molar-refractivity contribution is 5.92. The average Bonchev–Trinajstić information content (AvgIpc) is 1.97. The number of rotatable bonds is 5. The summed E-state index contributed by atoms with van der Waals surface area (Å²) in [4.78, 5) is 10.9. The quantitative estimate of drug-likeness (QED) is 0.443. The number of carbonyl (C=O) groups excluding carboxylic acids is 1. The van der Waals surface area contributed by atoms with Crippen molar-refractivity contribution in [2.75, 3.05) is 19.6 Å². The Bertz CT molecular complexity index is 143. The van der Waals surface area contributed by atoms with E-state index in [4.69, 9.17) is 0 Å². The lowest BCUT2D eigenvalue weighted by Gasteiger charge is -2.03. The molecule has 0 saturated carbocycles. The van der Waals surface area contributed by atoms with Gasteiger partial charge < -0.3 is 10.6 Å². The van der Waals surface area contributed by atoms with E-state index in [1.54, 1.807) is 6.92 Å². The van der Waals surface area contributed by atoms with E-state index in [1.807, 2.05) is 6.92 Å². The summed E-state index contributed by atoms with van der Waals surface area (Å²) in [5.41, 5.74) is 0.557. The second-order valence-electron chi connectivity index (χ2n) is 2.39. The molecule has 0 aromatic heterocycles. The van der Waals surface area contributed by atoms with Crippen molar-refractivity contribution < 1.29 is 4.79 Å². The normalized spacial score (nSPS) is 9.27. The zero-order valence-electron chi connectivity index (χ0n) is 7.24. The Morgan fingerprint density at radius 3 is 2.55 bits per heavy atom. The van der Waals surface area contributed by atoms with Gasteiger partial charge in [-0.2, -0.15) is 0 Å². The zero-order valence-corrected chi connectivity index (χ0v) is 7.24. The first-order chi connectivity index (χ1) is 5.18. The molecule has 0 saturated heterocycles. The maximum absolute atomic E-state index is 10.9. The summed E-state index contributed by atoms with van der Waals surface area (Å²) in [7, 11) is 0. The van der Waals surface area contributed by atoms with Crippen molar-refractivity contribution in [1.29, 1.82) is 0 Å². The van der Waals surface area contributed by atoms with Crippen molar-refractivity contribution in [2.45, 2.75) is 13.8 Å². The van der Waals surface area contributed by atoms with E-state index in [0.29, 0.717) is 12.1 Å². The molecule has 3 nitrogen and oxygen atoms in total. The van der Waals surface area contributed by atoms with E-state index < -0.39 is 0 Å². The van der Waals surface area contributed by atoms with Gasteiger partial charge >= 0.3 is 0 Å². The van der Waals surface area contributed by atoms with Crippen LogP contribution in [0.5, 0.6) is 0 Å². The number of likely N-dealkylation sites (N-methyl/N-ethyl adjacent to an activating group) is 1. The van der Waals surface area contributed by atoms with Gasteiger partial charge in [0.2, 0.25) is 5.91 Å². The fourth-order valence-electron chi connectivity index (χ4n) is 0.592. The van der Waals surface area contributed by atoms with E-state index in [2.05, 4.69) is 17.2 Å². The monoisotopic (exact) mass is 156 g/mol. The van der Waals surface area contributed by atoms with Gasteiger partial charge in [0.25, 0.3) is 0 Å². The van der Waals surface area contributed by atoms with Crippen LogP contribution in [0.25, 0.3) is 0 Å². The van der Waals surface area contributed by atoms with Gasteiger partial charge in [0.1, 0.15) is 0 Å². The molecule has 0 atom stereocenters. The van der Waals surface area contributed by atoms with E-state index in [1.165, 1.54) is 0 Å². The van der Waals surface area contributed by atoms with Gasteiger partial charge in [0.05, 0.1) is 0 Å². The Hall–Kier alpha value is -0.830. The third-order valence-electron chi connectivity index (χ3n) is 1.22. The van der Waals surface area contributed by atoms with Crippen LogP contribution in [0.15, 0.2) is 12.2 Å². The summed E-state index contributed by atoms with van der Waals surface area (Å²) in [5, 5.41) is 5.81. The van der Waals surface area contributed by atoms with E-state index >= 15 is 0 Å². The van der Waals surface area contributed by atoms with Crippen molar-refractivity contribution in [2.24, 2.45) is 0 Å². The molecule has 0 bridgehead atoms. The lowest BCUT2D eigenvalue weighted by atomic mass is 10.3. The van der Waals surface area contributed by atoms with Crippen molar-refractivity contribution in [3.8, 4) is 0 Å². The molecule has 0 fully saturated rings. The van der Waals surface area contributed by atoms with E-state index in [9.17, 15) is 4.79 Å². The summed E-state index contributed by atoms with van der Waals surface area (Å²) in [6, 6.07) is 0. The number of carbonyl (C=O) groups is 1. The van der Waals surface area contributed by atoms with Crippen molar-refractivity contribution in [3.63, 3.8) is 0 Å². The number of amides is 1. The lowest BCUT2D eigenvalue weighted by Crippen LogP contribution is -2.31. The fourth-order valence-corrected chi connectivity index (χ4v) is 0.592. The van der Waals surface area contributed by atoms with Gasteiger partial charge in [-0.3, -0.25) is 4.79 Å². The van der Waals surface area contributed by atoms with Crippen LogP contribution in [-0.4, -0.2) is 25.5 Å². The van der Waals surface area contributed by atoms with Crippen LogP contribution in [0.2, 0.25) is 0 Å². The van der Waals surface area contributed by atoms with E-state index in [0.717, 1.165) is 13.1 Å². The first kappa shape index (κ1) is 10.2. The minimum atomic E-state index is -0.0668. The maximum atomic E-state index is 10.9. The van der Waals surface area contributed by atoms with Gasteiger partial charge in [-0.25, -0.2) is 0 Å². The highest BCUT2D eigenvalue weighted by atomic mass is 16.1. The number of hydrogen-bond donors (Lipinski definition) is 2. The first-order valence-electron chi connectivity index (χ1n) is 3.83. The first-order valence-corrected chi connectivity index (χ1v) is 3.83. The molecule has 3 heteroatoms. The van der Waals surface area contributed by atoms with Crippen LogP contribution in [0, 0.1) is 0 Å². The minimum Gasteiger partial charge on any atom is -0.351 e. The summed E-state index contributed by atoms with van der Waals surface area (Å²) in [5.74, 6) is -0.0668. The molecule has 0 radical (unpaired) electrons. The Morgan fingerprint density at radius 1 is 1.45 bits per heavy atom. The highest BCUT2D eigenvalue weighted by Crippen LogP contribution is 1.83. The highest BCUT2D eigenvalue weighted by Gasteiger charge is 1.97. The summed E-state index contributed by atoms with van der Waals surface area (Å²) in [6.07, 6.45) is 0. The molecule has 0 unspecified atom stereocenters. The molecule has 0 aliphatic heterocycles. The van der Waals surface area contributed by atoms with Crippen molar-refractivity contribution >= 4 is 5.91 Å². The molecular formula is C8H16N2O. The topological polar surface area (TPSA) is 41.1 Å². The molecule has 0 aromatic carbocycles. The lowest BCUT2D eigenvalue weighted by molar-refractivity contribution is -0.117. The number of hydrogen-bond acceptors (Lipinski definition) is 2. The van der Waals surface area contributed by atoms with Crippen molar-refractivity contribution in [1.82, 2.24) is 10.6 Å². The van der Waals surface area contributed by atoms with Gasteiger partial charge in [0.15, 0.2) is 0 Å². The maximum Gasteiger partial charge on any atom is 0.246 e. The Labute approximate surface area is 67.9 Å². The molecule has 11 heavy (non-hydrogen) atoms. The zero-order chi connectivity index (χ0) is 8.69. The second-order valence-corrected chi connectivity index (χ2v) is 2.39. The molecule has 1 amide bonds. The van der Waals surface area contributed by atoms with Crippen LogP contribution in [-0.2, 0) is 4.79 Å². The summed E-state index contributed by atoms with van der Waals surface area (Å²) in [6.45, 7) is 9.66. The molecule has 64 valence electrons. The molecule has 0 heterocycles. The molecule has 0 rings (SSSR count). The molecular weight excluding hydrogens is 140 g/mol. The fraction of sp³-hybridized carbons (Fsp3) is 0.625. The largest absolute Gasteiger partial charge is 0.351 e. The molecule has 0 spiro atoms. The van der Waals surface area contributed by atoms with Crippen LogP contribution in [0.4, 0.5) is 0 Å². The predicted octanol–water partition coefficient (Wildman–Crippen LogP) is 0.288. The summed E-state index contributed by atoms with van der Waals surface area (Å²) < 4.78 is 0. The third-order valence-corrected chi connectivity index (χ3v) is 1.22. The van der Waals surface area contributed by atoms with Crippen LogP contribution < -0.4 is 10.6 Å². The van der Waals surface area contributed by atoms with Crippen molar-refractivity contribution in [3.05, 3.63) is 12.2 Å². The Kier molecular flexibility index (Phi) is 5.47. The minimum absolute atomic E-state index is 0.0668. The molecule has 0 aromatic rings. The predicted molar refractivity (Wildman–Crippen MR) is 46.4 cm³/mol. The summed E-state index contributed by atoms with van der Waals surface area (Å²) >= 11 is 0. The molecule has 2 N–H and O–H groups in total. The van der Waals surface area contributed by atoms with Gasteiger partial charge in [0, 0.05) is 18.7 Å². The SMILES string of the molecule is C=C(C)C(=O)NCCNCC. The van der Waals surface area contributed by atoms with E-state index in [-0.39, 0.29) is 5.91 Å². The smallest absolute Gasteiger partial charge is 0.246 e. The Morgan fingerprint density at radius 2 is 2.09 bits per heavy atom. The molecule has 0 aliphatic carbocycles. The third kappa shape index (κ3) is 5.61. The second kappa shape index (κ2) is 5.92. The van der Waals surface area contributed by atoms with Crippen LogP contribution in [0.1, 0.15) is 13.8 Å². The standard InChI is InChI=1S/C8H16N2O/c1-4-9-5-6-10-8(11)7(2)3/h9H,2,4-6H2,1,3H3,(H,10,11). The van der Waals surface area contributed by atoms with Crippen LogP contribution in [0.3, 0.4) is 0 Å². The van der Waals surface area contributed by atoms with Gasteiger partial charge in [-0.15, -0.1) is 0 Å². The Balaban J connectivity index is 3.25. The van der Waals surface area contributed by atoms with Crippen LogP contribution >= 0.6 is 0 Å². The number of nitrogens with one attached hydrogen (secondary N) is 2. The molecule has 0 aliphatic rings. The van der Waals surface area contributed by atoms with Gasteiger partial charge in [-0.1, -0.05) is 13.5 Å². The van der Waals surface area contributed by atoms with Gasteiger partial charge in [-0.05, 0) is 13.5 Å². The average molecular weight is 156 g/mol.